The largest absolute Gasteiger partial charge is 0.493 e. The van der Waals surface area contributed by atoms with Gasteiger partial charge in [-0.2, -0.15) is 0 Å². The van der Waals surface area contributed by atoms with Crippen molar-refractivity contribution in [2.45, 2.75) is 131 Å². The summed E-state index contributed by atoms with van der Waals surface area (Å²) in [5.41, 5.74) is 16.6. The minimum absolute atomic E-state index is 0.711. The van der Waals surface area contributed by atoms with Gasteiger partial charge in [0.25, 0.3) is 0 Å². The molecule has 3 heteroatoms. The fourth-order valence-corrected chi connectivity index (χ4v) is 8.33. The summed E-state index contributed by atoms with van der Waals surface area (Å²) in [6.45, 7) is 14.0. The van der Waals surface area contributed by atoms with E-state index in [2.05, 4.69) is 151 Å². The summed E-state index contributed by atoms with van der Waals surface area (Å²) in [6.07, 6.45) is 19.4. The van der Waals surface area contributed by atoms with Crippen molar-refractivity contribution in [2.24, 2.45) is 0 Å². The number of aryl methyl sites for hydroxylation is 5. The first-order valence-corrected chi connectivity index (χ1v) is 22.3. The maximum Gasteiger partial charge on any atom is 0.159 e. The van der Waals surface area contributed by atoms with Gasteiger partial charge in [-0.25, -0.2) is 9.97 Å². The molecule has 1 aromatic heterocycles. The van der Waals surface area contributed by atoms with Gasteiger partial charge < -0.3 is 4.74 Å². The molecule has 3 nitrogen and oxygen atoms in total. The van der Waals surface area contributed by atoms with Crippen LogP contribution in [0, 0.1) is 27.7 Å². The van der Waals surface area contributed by atoms with Gasteiger partial charge in [0.15, 0.2) is 5.82 Å². The van der Waals surface area contributed by atoms with E-state index in [1.165, 1.54) is 121 Å². The number of benzene rings is 5. The first-order valence-electron chi connectivity index (χ1n) is 22.3. The Labute approximate surface area is 350 Å². The molecule has 0 saturated heterocycles. The Morgan fingerprint density at radius 2 is 0.966 bits per heavy atom. The number of unbranched alkanes of at least 4 members (excludes halogenated alkanes) is 11. The van der Waals surface area contributed by atoms with Gasteiger partial charge in [0.1, 0.15) is 5.75 Å². The van der Waals surface area contributed by atoms with Crippen molar-refractivity contribution < 1.29 is 4.74 Å². The molecular weight excluding hydrogens is 705 g/mol. The Balaban J connectivity index is 1.35. The van der Waals surface area contributed by atoms with E-state index < -0.39 is 0 Å². The number of rotatable bonds is 21. The van der Waals surface area contributed by atoms with E-state index in [0.717, 1.165) is 58.8 Å². The fraction of sp³-hybridized carbons (Fsp3) is 0.382. The van der Waals surface area contributed by atoms with E-state index in [1.807, 2.05) is 0 Å². The van der Waals surface area contributed by atoms with Crippen LogP contribution in [0.2, 0.25) is 0 Å². The Morgan fingerprint density at radius 3 is 1.57 bits per heavy atom. The SMILES string of the molecule is CCCCCCCCCCOc1ccc(-c2ncc(CCCCCCC)c(-c3cccc(-c4cc(C)cc(C)c4)c3)n2)cc1-c1cccc(-c2cc(C)cc(C)c2)c1. The first-order chi connectivity index (χ1) is 28.3. The molecule has 58 heavy (non-hydrogen) atoms. The molecule has 0 atom stereocenters. The Morgan fingerprint density at radius 1 is 0.448 bits per heavy atom. The van der Waals surface area contributed by atoms with Gasteiger partial charge in [0.2, 0.25) is 0 Å². The van der Waals surface area contributed by atoms with E-state index in [-0.39, 0.29) is 0 Å². The lowest BCUT2D eigenvalue weighted by atomic mass is 9.95. The fourth-order valence-electron chi connectivity index (χ4n) is 8.33. The molecule has 0 bridgehead atoms. The molecule has 0 aliphatic rings. The van der Waals surface area contributed by atoms with Crippen LogP contribution in [0.5, 0.6) is 5.75 Å². The summed E-state index contributed by atoms with van der Waals surface area (Å²) in [5.74, 6) is 1.65. The van der Waals surface area contributed by atoms with Crippen LogP contribution in [-0.4, -0.2) is 16.6 Å². The molecule has 0 radical (unpaired) electrons. The summed E-state index contributed by atoms with van der Waals surface area (Å²) in [5, 5.41) is 0. The van der Waals surface area contributed by atoms with Crippen LogP contribution in [0.25, 0.3) is 56.0 Å². The maximum atomic E-state index is 6.63. The molecule has 6 rings (SSSR count). The van der Waals surface area contributed by atoms with Crippen LogP contribution in [0.1, 0.15) is 125 Å². The predicted molar refractivity (Wildman–Crippen MR) is 249 cm³/mol. The van der Waals surface area contributed by atoms with Crippen molar-refractivity contribution in [3.05, 3.63) is 137 Å². The third kappa shape index (κ3) is 12.0. The molecule has 0 N–H and O–H groups in total. The highest BCUT2D eigenvalue weighted by atomic mass is 16.5. The van der Waals surface area contributed by atoms with Gasteiger partial charge >= 0.3 is 0 Å². The average Bonchev–Trinajstić information content (AvgIpc) is 3.22. The second-order valence-corrected chi connectivity index (χ2v) is 16.7. The molecule has 302 valence electrons. The van der Waals surface area contributed by atoms with Crippen molar-refractivity contribution in [3.63, 3.8) is 0 Å². The molecule has 0 aliphatic heterocycles. The summed E-state index contributed by atoms with van der Waals surface area (Å²) < 4.78 is 6.63. The van der Waals surface area contributed by atoms with Crippen molar-refractivity contribution in [1.82, 2.24) is 9.97 Å². The van der Waals surface area contributed by atoms with Crippen molar-refractivity contribution in [2.75, 3.05) is 6.61 Å². The quantitative estimate of drug-likeness (QED) is 0.0684. The molecule has 0 fully saturated rings. The molecule has 0 aliphatic carbocycles. The lowest BCUT2D eigenvalue weighted by molar-refractivity contribution is 0.305. The second kappa shape index (κ2) is 21.7. The molecule has 6 aromatic rings. The molecule has 0 amide bonds. The van der Waals surface area contributed by atoms with Crippen LogP contribution >= 0.6 is 0 Å². The Hall–Kier alpha value is -5.02. The van der Waals surface area contributed by atoms with Gasteiger partial charge in [-0.3, -0.25) is 0 Å². The van der Waals surface area contributed by atoms with Crippen molar-refractivity contribution >= 4 is 0 Å². The van der Waals surface area contributed by atoms with E-state index in [4.69, 9.17) is 14.7 Å². The zero-order valence-electron chi connectivity index (χ0n) is 36.3. The molecule has 0 spiro atoms. The molecule has 0 saturated carbocycles. The Bertz CT molecular complexity index is 2190. The van der Waals surface area contributed by atoms with Crippen molar-refractivity contribution in [3.8, 4) is 61.8 Å². The van der Waals surface area contributed by atoms with E-state index in [1.54, 1.807) is 0 Å². The van der Waals surface area contributed by atoms with Gasteiger partial charge in [-0.05, 0) is 111 Å². The summed E-state index contributed by atoms with van der Waals surface area (Å²) >= 11 is 0. The van der Waals surface area contributed by atoms with Crippen LogP contribution in [0.4, 0.5) is 0 Å². The Kier molecular flexibility index (Phi) is 15.9. The highest BCUT2D eigenvalue weighted by Crippen LogP contribution is 2.37. The minimum atomic E-state index is 0.711. The summed E-state index contributed by atoms with van der Waals surface area (Å²) in [4.78, 5) is 10.5. The number of hydrogen-bond acceptors (Lipinski definition) is 3. The third-order valence-electron chi connectivity index (χ3n) is 11.3. The minimum Gasteiger partial charge on any atom is -0.493 e. The molecule has 0 unspecified atom stereocenters. The summed E-state index contributed by atoms with van der Waals surface area (Å²) in [7, 11) is 0. The van der Waals surface area contributed by atoms with Crippen LogP contribution in [0.3, 0.4) is 0 Å². The number of aromatic nitrogens is 2. The van der Waals surface area contributed by atoms with Gasteiger partial charge in [0, 0.05) is 22.9 Å². The zero-order valence-corrected chi connectivity index (χ0v) is 36.3. The van der Waals surface area contributed by atoms with Gasteiger partial charge in [-0.1, -0.05) is 180 Å². The maximum absolute atomic E-state index is 6.63. The first kappa shape index (κ1) is 42.6. The van der Waals surface area contributed by atoms with E-state index in [9.17, 15) is 0 Å². The van der Waals surface area contributed by atoms with E-state index in [0.29, 0.717) is 6.61 Å². The molecule has 5 aromatic carbocycles. The third-order valence-corrected chi connectivity index (χ3v) is 11.3. The zero-order chi connectivity index (χ0) is 40.7. The van der Waals surface area contributed by atoms with Crippen LogP contribution < -0.4 is 4.74 Å². The monoisotopic (exact) mass is 771 g/mol. The van der Waals surface area contributed by atoms with Crippen LogP contribution in [0.15, 0.2) is 109 Å². The second-order valence-electron chi connectivity index (χ2n) is 16.7. The number of nitrogens with zero attached hydrogens (tertiary/aromatic N) is 2. The lowest BCUT2D eigenvalue weighted by Crippen LogP contribution is -2.01. The number of ether oxygens (including phenoxy) is 1. The molecular formula is C55H66N2O. The standard InChI is InChI=1S/C55H66N2O/c1-7-9-11-13-14-15-17-19-29-58-53-28-27-48(38-52(53)46-25-20-23-44(36-46)50-32-40(3)30-41(4)33-50)55-56-39-49(22-18-16-12-10-8-2)54(57-55)47-26-21-24-45(37-47)51-34-42(5)31-43(6)35-51/h20-21,23-28,30-39H,7-19,22,29H2,1-6H3. The normalized spacial score (nSPS) is 11.3. The summed E-state index contributed by atoms with van der Waals surface area (Å²) in [6, 6.07) is 37.9. The predicted octanol–water partition coefficient (Wildman–Crippen LogP) is 16.1. The number of hydrogen-bond donors (Lipinski definition) is 0. The van der Waals surface area contributed by atoms with Gasteiger partial charge in [0.05, 0.1) is 12.3 Å². The molecule has 1 heterocycles. The average molecular weight is 771 g/mol. The lowest BCUT2D eigenvalue weighted by Gasteiger charge is -2.16. The highest BCUT2D eigenvalue weighted by molar-refractivity contribution is 5.81. The van der Waals surface area contributed by atoms with E-state index >= 15 is 0 Å². The van der Waals surface area contributed by atoms with Crippen molar-refractivity contribution in [1.29, 1.82) is 0 Å². The smallest absolute Gasteiger partial charge is 0.159 e. The highest BCUT2D eigenvalue weighted by Gasteiger charge is 2.16. The van der Waals surface area contributed by atoms with Gasteiger partial charge in [-0.15, -0.1) is 0 Å². The topological polar surface area (TPSA) is 35.0 Å². The van der Waals surface area contributed by atoms with Crippen LogP contribution in [-0.2, 0) is 6.42 Å².